The van der Waals surface area contributed by atoms with Gasteiger partial charge in [0.25, 0.3) is 0 Å². The Morgan fingerprint density at radius 2 is 2.11 bits per heavy atom. The maximum Gasteiger partial charge on any atom is 0.0842 e. The van der Waals surface area contributed by atoms with Gasteiger partial charge in [-0.1, -0.05) is 36.7 Å². The summed E-state index contributed by atoms with van der Waals surface area (Å²) in [6.45, 7) is 5.00. The number of nitrogens with one attached hydrogen (secondary N) is 1. The van der Waals surface area contributed by atoms with Gasteiger partial charge < -0.3 is 5.32 Å². The quantitative estimate of drug-likeness (QED) is 0.919. The average molecular weight is 264 g/mol. The van der Waals surface area contributed by atoms with E-state index in [4.69, 9.17) is 11.6 Å². The van der Waals surface area contributed by atoms with E-state index in [0.717, 1.165) is 28.5 Å². The third-order valence-corrected chi connectivity index (χ3v) is 3.40. The molecule has 0 bridgehead atoms. The molecule has 4 heteroatoms. The first-order valence-electron chi connectivity index (χ1n) is 6.11. The monoisotopic (exact) mass is 263 g/mol. The van der Waals surface area contributed by atoms with Crippen molar-refractivity contribution in [3.05, 3.63) is 52.3 Å². The summed E-state index contributed by atoms with van der Waals surface area (Å²) in [4.78, 5) is 0. The smallest absolute Gasteiger partial charge is 0.0842 e. The highest BCUT2D eigenvalue weighted by atomic mass is 35.5. The van der Waals surface area contributed by atoms with Crippen molar-refractivity contribution in [2.75, 3.05) is 6.54 Å². The van der Waals surface area contributed by atoms with Crippen LogP contribution >= 0.6 is 11.6 Å². The molecular weight excluding hydrogens is 246 g/mol. The predicted molar refractivity (Wildman–Crippen MR) is 74.9 cm³/mol. The molecule has 0 aliphatic rings. The number of hydrogen-bond acceptors (Lipinski definition) is 2. The molecule has 0 radical (unpaired) electrons. The first-order chi connectivity index (χ1) is 8.63. The van der Waals surface area contributed by atoms with Crippen molar-refractivity contribution in [3.8, 4) is 0 Å². The molecule has 1 aromatic heterocycles. The van der Waals surface area contributed by atoms with E-state index in [1.54, 1.807) is 0 Å². The molecule has 0 saturated carbocycles. The lowest BCUT2D eigenvalue weighted by Crippen LogP contribution is -2.22. The molecule has 1 atom stereocenters. The molecule has 1 unspecified atom stereocenters. The predicted octanol–water partition coefficient (Wildman–Crippen LogP) is 3.08. The second kappa shape index (κ2) is 5.55. The van der Waals surface area contributed by atoms with Gasteiger partial charge in [0, 0.05) is 17.8 Å². The van der Waals surface area contributed by atoms with E-state index in [9.17, 15) is 0 Å². The van der Waals surface area contributed by atoms with Crippen LogP contribution in [0.3, 0.4) is 0 Å². The van der Waals surface area contributed by atoms with Gasteiger partial charge in [-0.3, -0.25) is 4.68 Å². The Bertz CT molecular complexity index is 514. The lowest BCUT2D eigenvalue weighted by Gasteiger charge is -2.17. The number of hydrogen-bond donors (Lipinski definition) is 1. The molecule has 2 rings (SSSR count). The summed E-state index contributed by atoms with van der Waals surface area (Å²) in [5.41, 5.74) is 3.21. The average Bonchev–Trinajstić information content (AvgIpc) is 2.68. The molecule has 0 aliphatic carbocycles. The van der Waals surface area contributed by atoms with Gasteiger partial charge in [-0.15, -0.1) is 0 Å². The zero-order chi connectivity index (χ0) is 13.1. The fourth-order valence-corrected chi connectivity index (χ4v) is 2.26. The van der Waals surface area contributed by atoms with Crippen LogP contribution < -0.4 is 5.32 Å². The van der Waals surface area contributed by atoms with Crippen molar-refractivity contribution in [2.24, 2.45) is 7.05 Å². The van der Waals surface area contributed by atoms with Gasteiger partial charge in [-0.2, -0.15) is 5.10 Å². The van der Waals surface area contributed by atoms with Gasteiger partial charge in [0.2, 0.25) is 0 Å². The summed E-state index contributed by atoms with van der Waals surface area (Å²) in [6, 6.07) is 10.0. The van der Waals surface area contributed by atoms with E-state index >= 15 is 0 Å². The first kappa shape index (κ1) is 13.1. The van der Waals surface area contributed by atoms with Crippen LogP contribution in [0.5, 0.6) is 0 Å². The molecule has 0 fully saturated rings. The normalized spacial score (nSPS) is 12.7. The van der Waals surface area contributed by atoms with E-state index in [-0.39, 0.29) is 6.04 Å². The van der Waals surface area contributed by atoms with Crippen molar-refractivity contribution in [1.82, 2.24) is 15.1 Å². The number of aryl methyl sites for hydroxylation is 2. The fourth-order valence-electron chi connectivity index (χ4n) is 2.02. The highest BCUT2D eigenvalue weighted by molar-refractivity contribution is 6.31. The van der Waals surface area contributed by atoms with Crippen LogP contribution in [0.4, 0.5) is 0 Å². The first-order valence-corrected chi connectivity index (χ1v) is 6.49. The maximum absolute atomic E-state index is 6.28. The van der Waals surface area contributed by atoms with Crippen LogP contribution in [0.2, 0.25) is 5.02 Å². The molecule has 2 aromatic rings. The SMILES string of the molecule is CCNC(c1cc(C)n(C)n1)c1ccccc1Cl. The fraction of sp³-hybridized carbons (Fsp3) is 0.357. The molecule has 1 aromatic carbocycles. The molecule has 0 spiro atoms. The Kier molecular flexibility index (Phi) is 4.04. The van der Waals surface area contributed by atoms with E-state index in [0.29, 0.717) is 0 Å². The zero-order valence-electron chi connectivity index (χ0n) is 10.9. The van der Waals surface area contributed by atoms with Gasteiger partial charge in [0.05, 0.1) is 11.7 Å². The summed E-state index contributed by atoms with van der Waals surface area (Å²) in [5.74, 6) is 0. The van der Waals surface area contributed by atoms with Crippen molar-refractivity contribution >= 4 is 11.6 Å². The number of rotatable bonds is 4. The van der Waals surface area contributed by atoms with Crippen molar-refractivity contribution in [2.45, 2.75) is 19.9 Å². The van der Waals surface area contributed by atoms with Crippen LogP contribution in [0, 0.1) is 6.92 Å². The third kappa shape index (κ3) is 2.57. The Hall–Kier alpha value is -1.32. The minimum absolute atomic E-state index is 0.0450. The van der Waals surface area contributed by atoms with Gasteiger partial charge in [0.15, 0.2) is 0 Å². The largest absolute Gasteiger partial charge is 0.305 e. The van der Waals surface area contributed by atoms with E-state index in [1.807, 2.05) is 42.9 Å². The topological polar surface area (TPSA) is 29.9 Å². The van der Waals surface area contributed by atoms with Crippen LogP contribution in [-0.4, -0.2) is 16.3 Å². The number of halogens is 1. The summed E-state index contributed by atoms with van der Waals surface area (Å²) in [7, 11) is 1.95. The zero-order valence-corrected chi connectivity index (χ0v) is 11.7. The molecule has 1 N–H and O–H groups in total. The second-order valence-electron chi connectivity index (χ2n) is 4.35. The van der Waals surface area contributed by atoms with E-state index in [2.05, 4.69) is 23.4 Å². The van der Waals surface area contributed by atoms with E-state index in [1.165, 1.54) is 0 Å². The standard InChI is InChI=1S/C14H18ClN3/c1-4-16-14(11-7-5-6-8-12(11)15)13-9-10(2)18(3)17-13/h5-9,14,16H,4H2,1-3H3. The molecule has 96 valence electrons. The second-order valence-corrected chi connectivity index (χ2v) is 4.75. The minimum atomic E-state index is 0.0450. The molecule has 0 saturated heterocycles. The van der Waals surface area contributed by atoms with Gasteiger partial charge in [-0.25, -0.2) is 0 Å². The highest BCUT2D eigenvalue weighted by Crippen LogP contribution is 2.27. The van der Waals surface area contributed by atoms with Crippen molar-refractivity contribution in [3.63, 3.8) is 0 Å². The van der Waals surface area contributed by atoms with E-state index < -0.39 is 0 Å². The maximum atomic E-state index is 6.28. The lowest BCUT2D eigenvalue weighted by molar-refractivity contribution is 0.598. The van der Waals surface area contributed by atoms with Gasteiger partial charge >= 0.3 is 0 Å². The summed E-state index contributed by atoms with van der Waals surface area (Å²) in [6.07, 6.45) is 0. The van der Waals surface area contributed by atoms with Crippen LogP contribution in [0.15, 0.2) is 30.3 Å². The number of nitrogens with zero attached hydrogens (tertiary/aromatic N) is 2. The Labute approximate surface area is 113 Å². The Balaban J connectivity index is 2.43. The third-order valence-electron chi connectivity index (χ3n) is 3.05. The highest BCUT2D eigenvalue weighted by Gasteiger charge is 2.18. The molecule has 1 heterocycles. The Morgan fingerprint density at radius 1 is 1.39 bits per heavy atom. The van der Waals surface area contributed by atoms with Crippen LogP contribution in [0.1, 0.15) is 29.9 Å². The number of aromatic nitrogens is 2. The van der Waals surface area contributed by atoms with Gasteiger partial charge in [-0.05, 0) is 31.2 Å². The molecular formula is C14H18ClN3. The summed E-state index contributed by atoms with van der Waals surface area (Å²) < 4.78 is 1.89. The van der Waals surface area contributed by atoms with Crippen LogP contribution in [0.25, 0.3) is 0 Å². The molecule has 18 heavy (non-hydrogen) atoms. The van der Waals surface area contributed by atoms with Gasteiger partial charge in [0.1, 0.15) is 0 Å². The lowest BCUT2D eigenvalue weighted by atomic mass is 10.0. The van der Waals surface area contributed by atoms with Crippen molar-refractivity contribution in [1.29, 1.82) is 0 Å². The summed E-state index contributed by atoms with van der Waals surface area (Å²) in [5, 5.41) is 8.75. The molecule has 0 aliphatic heterocycles. The van der Waals surface area contributed by atoms with Crippen molar-refractivity contribution < 1.29 is 0 Å². The Morgan fingerprint density at radius 3 is 2.67 bits per heavy atom. The summed E-state index contributed by atoms with van der Waals surface area (Å²) >= 11 is 6.28. The molecule has 3 nitrogen and oxygen atoms in total. The molecule has 0 amide bonds. The minimum Gasteiger partial charge on any atom is -0.305 e. The number of benzene rings is 1. The van der Waals surface area contributed by atoms with Crippen LogP contribution in [-0.2, 0) is 7.05 Å².